The van der Waals surface area contributed by atoms with Gasteiger partial charge in [-0.05, 0) is 66.8 Å². The van der Waals surface area contributed by atoms with Crippen molar-refractivity contribution in [1.82, 2.24) is 5.32 Å². The molecule has 0 saturated heterocycles. The van der Waals surface area contributed by atoms with Crippen LogP contribution in [0.15, 0.2) is 35.3 Å². The number of hydrogen-bond donors (Lipinski definition) is 1. The van der Waals surface area contributed by atoms with Gasteiger partial charge >= 0.3 is 0 Å². The zero-order valence-electron chi connectivity index (χ0n) is 14.7. The van der Waals surface area contributed by atoms with E-state index < -0.39 is 0 Å². The maximum Gasteiger partial charge on any atom is 0.226 e. The predicted molar refractivity (Wildman–Crippen MR) is 103 cm³/mol. The number of amides is 1. The van der Waals surface area contributed by atoms with E-state index in [0.29, 0.717) is 11.8 Å². The molecule has 1 heterocycles. The van der Waals surface area contributed by atoms with E-state index in [1.807, 2.05) is 0 Å². The standard InChI is InChI=1S/C21H26N2OS/c24-18(23-19-22-6-7-25-19)13-20-9-15-8-16(10-20)12-21(11-15,14-20)17-4-2-1-3-5-17/h1-5,15-16H,6-14H2,(H,22,23,24). The lowest BCUT2D eigenvalue weighted by Gasteiger charge is -2.62. The highest BCUT2D eigenvalue weighted by Crippen LogP contribution is 2.66. The fourth-order valence-corrected chi connectivity index (χ4v) is 7.45. The summed E-state index contributed by atoms with van der Waals surface area (Å²) < 4.78 is 0. The number of rotatable bonds is 3. The summed E-state index contributed by atoms with van der Waals surface area (Å²) in [5, 5.41) is 3.92. The zero-order valence-corrected chi connectivity index (χ0v) is 15.5. The van der Waals surface area contributed by atoms with Crippen molar-refractivity contribution in [1.29, 1.82) is 0 Å². The SMILES string of the molecule is O=C(CC12CC3CC(C1)CC(c1ccccc1)(C3)C2)NC1=NCCS1. The molecule has 1 aromatic carbocycles. The van der Waals surface area contributed by atoms with Crippen molar-refractivity contribution in [3.05, 3.63) is 35.9 Å². The summed E-state index contributed by atoms with van der Waals surface area (Å²) in [5.74, 6) is 2.82. The number of nitrogens with zero attached hydrogens (tertiary/aromatic N) is 1. The smallest absolute Gasteiger partial charge is 0.226 e. The highest BCUT2D eigenvalue weighted by molar-refractivity contribution is 8.14. The highest BCUT2D eigenvalue weighted by atomic mass is 32.2. The molecule has 4 heteroatoms. The maximum atomic E-state index is 12.7. The van der Waals surface area contributed by atoms with E-state index in [1.165, 1.54) is 44.1 Å². The lowest BCUT2D eigenvalue weighted by molar-refractivity contribution is -0.129. The third-order valence-electron chi connectivity index (χ3n) is 6.94. The molecule has 2 atom stereocenters. The summed E-state index contributed by atoms with van der Waals surface area (Å²) in [6.07, 6.45) is 8.45. The van der Waals surface area contributed by atoms with Crippen LogP contribution in [0.3, 0.4) is 0 Å². The van der Waals surface area contributed by atoms with E-state index in [4.69, 9.17) is 0 Å². The van der Waals surface area contributed by atoms with E-state index in [0.717, 1.165) is 29.3 Å². The molecule has 3 nitrogen and oxygen atoms in total. The van der Waals surface area contributed by atoms with Crippen LogP contribution in [0.5, 0.6) is 0 Å². The fourth-order valence-electron chi connectivity index (χ4n) is 6.70. The first-order chi connectivity index (χ1) is 12.1. The van der Waals surface area contributed by atoms with Gasteiger partial charge in [0.1, 0.15) is 0 Å². The topological polar surface area (TPSA) is 41.5 Å². The van der Waals surface area contributed by atoms with Gasteiger partial charge in [-0.1, -0.05) is 42.1 Å². The molecular weight excluding hydrogens is 328 g/mol. The Labute approximate surface area is 154 Å². The van der Waals surface area contributed by atoms with E-state index in [9.17, 15) is 4.79 Å². The molecule has 25 heavy (non-hydrogen) atoms. The Morgan fingerprint density at radius 3 is 2.60 bits per heavy atom. The number of nitrogens with one attached hydrogen (secondary N) is 1. The van der Waals surface area contributed by atoms with Gasteiger partial charge in [0, 0.05) is 12.2 Å². The minimum atomic E-state index is 0.193. The molecule has 5 aliphatic rings. The number of benzene rings is 1. The molecule has 4 bridgehead atoms. The Hall–Kier alpha value is -1.29. The summed E-state index contributed by atoms with van der Waals surface area (Å²) >= 11 is 1.68. The van der Waals surface area contributed by atoms with Gasteiger partial charge in [-0.25, -0.2) is 0 Å². The van der Waals surface area contributed by atoms with Crippen LogP contribution < -0.4 is 5.32 Å². The second-order valence-electron chi connectivity index (χ2n) is 8.87. The van der Waals surface area contributed by atoms with Crippen LogP contribution in [0.2, 0.25) is 0 Å². The van der Waals surface area contributed by atoms with Gasteiger partial charge in [-0.2, -0.15) is 0 Å². The number of aliphatic imine (C=N–C) groups is 1. The Morgan fingerprint density at radius 1 is 1.16 bits per heavy atom. The molecule has 4 aliphatic carbocycles. The molecule has 1 N–H and O–H groups in total. The second-order valence-corrected chi connectivity index (χ2v) is 9.95. The van der Waals surface area contributed by atoms with Crippen LogP contribution in [0.25, 0.3) is 0 Å². The molecule has 0 radical (unpaired) electrons. The van der Waals surface area contributed by atoms with E-state index in [-0.39, 0.29) is 11.3 Å². The van der Waals surface area contributed by atoms with Crippen LogP contribution in [0, 0.1) is 17.3 Å². The first-order valence-electron chi connectivity index (χ1n) is 9.68. The first kappa shape index (κ1) is 15.9. The minimum absolute atomic E-state index is 0.193. The van der Waals surface area contributed by atoms with E-state index in [2.05, 4.69) is 40.6 Å². The summed E-state index contributed by atoms with van der Waals surface area (Å²) in [4.78, 5) is 17.1. The summed E-state index contributed by atoms with van der Waals surface area (Å²) in [6.45, 7) is 0.840. The van der Waals surface area contributed by atoms with Gasteiger partial charge in [0.15, 0.2) is 5.17 Å². The largest absolute Gasteiger partial charge is 0.305 e. The monoisotopic (exact) mass is 354 g/mol. The van der Waals surface area contributed by atoms with Crippen LogP contribution in [0.4, 0.5) is 0 Å². The van der Waals surface area contributed by atoms with Gasteiger partial charge < -0.3 is 5.32 Å². The van der Waals surface area contributed by atoms with Gasteiger partial charge in [-0.15, -0.1) is 0 Å². The Morgan fingerprint density at radius 2 is 1.92 bits per heavy atom. The molecule has 4 fully saturated rings. The van der Waals surface area contributed by atoms with Crippen molar-refractivity contribution in [2.45, 2.75) is 50.4 Å². The van der Waals surface area contributed by atoms with Crippen molar-refractivity contribution >= 4 is 22.8 Å². The summed E-state index contributed by atoms with van der Waals surface area (Å²) in [6, 6.07) is 11.1. The second kappa shape index (κ2) is 5.87. The van der Waals surface area contributed by atoms with Gasteiger partial charge in [0.05, 0.1) is 6.54 Å². The molecule has 1 amide bonds. The average Bonchev–Trinajstić information content (AvgIpc) is 3.06. The third-order valence-corrected chi connectivity index (χ3v) is 7.83. The number of carbonyl (C=O) groups is 1. The molecule has 1 aliphatic heterocycles. The lowest BCUT2D eigenvalue weighted by Crippen LogP contribution is -2.55. The maximum absolute atomic E-state index is 12.7. The Kier molecular flexibility index (Phi) is 3.74. The lowest BCUT2D eigenvalue weighted by atomic mass is 9.42. The molecule has 2 unspecified atom stereocenters. The van der Waals surface area contributed by atoms with E-state index >= 15 is 0 Å². The van der Waals surface area contributed by atoms with Crippen molar-refractivity contribution in [3.63, 3.8) is 0 Å². The molecule has 0 spiro atoms. The molecule has 6 rings (SSSR count). The third kappa shape index (κ3) is 2.83. The predicted octanol–water partition coefficient (Wildman–Crippen LogP) is 4.13. The molecule has 132 valence electrons. The highest BCUT2D eigenvalue weighted by Gasteiger charge is 2.58. The number of amidine groups is 1. The normalized spacial score (nSPS) is 38.6. The number of hydrogen-bond acceptors (Lipinski definition) is 3. The Bertz CT molecular complexity index is 700. The summed E-state index contributed by atoms with van der Waals surface area (Å²) in [7, 11) is 0. The minimum Gasteiger partial charge on any atom is -0.305 e. The first-order valence-corrected chi connectivity index (χ1v) is 10.7. The van der Waals surface area contributed by atoms with Crippen LogP contribution in [-0.4, -0.2) is 23.4 Å². The van der Waals surface area contributed by atoms with Crippen molar-refractivity contribution in [2.75, 3.05) is 12.3 Å². The number of carbonyl (C=O) groups excluding carboxylic acids is 1. The van der Waals surface area contributed by atoms with Crippen LogP contribution in [-0.2, 0) is 10.2 Å². The van der Waals surface area contributed by atoms with Crippen molar-refractivity contribution in [2.24, 2.45) is 22.2 Å². The molecule has 4 saturated carbocycles. The van der Waals surface area contributed by atoms with Crippen molar-refractivity contribution in [3.8, 4) is 0 Å². The van der Waals surface area contributed by atoms with Gasteiger partial charge in [-0.3, -0.25) is 9.79 Å². The average molecular weight is 355 g/mol. The summed E-state index contributed by atoms with van der Waals surface area (Å²) in [5.41, 5.74) is 2.06. The quantitative estimate of drug-likeness (QED) is 0.886. The Balaban J connectivity index is 1.39. The van der Waals surface area contributed by atoms with Gasteiger partial charge in [0.25, 0.3) is 0 Å². The van der Waals surface area contributed by atoms with Crippen LogP contribution >= 0.6 is 11.8 Å². The molecule has 1 aromatic rings. The van der Waals surface area contributed by atoms with Crippen LogP contribution in [0.1, 0.15) is 50.5 Å². The zero-order chi connectivity index (χ0) is 16.9. The van der Waals surface area contributed by atoms with Crippen molar-refractivity contribution < 1.29 is 4.79 Å². The fraction of sp³-hybridized carbons (Fsp3) is 0.619. The van der Waals surface area contributed by atoms with E-state index in [1.54, 1.807) is 11.8 Å². The number of thioether (sulfide) groups is 1. The molecule has 0 aromatic heterocycles. The van der Waals surface area contributed by atoms with Gasteiger partial charge in [0.2, 0.25) is 5.91 Å². The molecular formula is C21H26N2OS.